The van der Waals surface area contributed by atoms with Crippen molar-refractivity contribution in [2.75, 3.05) is 38.2 Å². The van der Waals surface area contributed by atoms with Gasteiger partial charge in [0.1, 0.15) is 22.8 Å². The van der Waals surface area contributed by atoms with Crippen LogP contribution in [0.5, 0.6) is 0 Å². The number of likely N-dealkylation sites (tertiary alicyclic amines) is 1. The third kappa shape index (κ3) is 5.12. The fourth-order valence-electron chi connectivity index (χ4n) is 4.28. The first-order valence-electron chi connectivity index (χ1n) is 11.1. The Kier molecular flexibility index (Phi) is 7.14. The summed E-state index contributed by atoms with van der Waals surface area (Å²) in [5.41, 5.74) is 8.49. The van der Waals surface area contributed by atoms with Crippen LogP contribution in [0.1, 0.15) is 35.3 Å². The SMILES string of the molecule is CN(C)C1CCN(C=O)C1.N=Cc1cc(Nc2ncnc3sc4c(c23)CCCC4)cnc1N. The number of aromatic nitrogens is 3. The zero-order valence-corrected chi connectivity index (χ0v) is 19.9. The van der Waals surface area contributed by atoms with Crippen LogP contribution in [0.15, 0.2) is 18.6 Å². The minimum absolute atomic E-state index is 0.353. The molecule has 1 atom stereocenters. The lowest BCUT2D eigenvalue weighted by Gasteiger charge is -2.17. The van der Waals surface area contributed by atoms with E-state index in [-0.39, 0.29) is 0 Å². The molecule has 0 bridgehead atoms. The molecule has 1 saturated heterocycles. The molecule has 10 heteroatoms. The van der Waals surface area contributed by atoms with Crippen molar-refractivity contribution in [3.05, 3.63) is 34.6 Å². The Morgan fingerprint density at radius 3 is 2.79 bits per heavy atom. The van der Waals surface area contributed by atoms with Crippen molar-refractivity contribution in [1.29, 1.82) is 5.41 Å². The van der Waals surface area contributed by atoms with Crippen molar-refractivity contribution >= 4 is 51.5 Å². The summed E-state index contributed by atoms with van der Waals surface area (Å²) in [5.74, 6) is 1.16. The molecule has 0 saturated carbocycles. The summed E-state index contributed by atoms with van der Waals surface area (Å²) >= 11 is 1.77. The molecule has 0 aromatic carbocycles. The number of hydrogen-bond acceptors (Lipinski definition) is 9. The van der Waals surface area contributed by atoms with Gasteiger partial charge in [-0.1, -0.05) is 0 Å². The van der Waals surface area contributed by atoms with Gasteiger partial charge >= 0.3 is 0 Å². The van der Waals surface area contributed by atoms with Crippen LogP contribution in [0.2, 0.25) is 0 Å². The summed E-state index contributed by atoms with van der Waals surface area (Å²) in [4.78, 5) is 29.7. The van der Waals surface area contributed by atoms with E-state index in [2.05, 4.69) is 39.3 Å². The Morgan fingerprint density at radius 2 is 2.09 bits per heavy atom. The standard InChI is InChI=1S/C16H16N6S.C7H14N2O/c17-6-9-5-10(7-19-14(9)18)22-15-13-11-3-1-2-4-12(11)23-16(13)21-8-20-15;1-8(2)7-3-4-9(5-7)6-10/h5-8,17H,1-4H2,(H2,18,19)(H,20,21,22);6-7H,3-5H2,1-2H3. The van der Waals surface area contributed by atoms with E-state index in [9.17, 15) is 4.79 Å². The molecule has 3 aromatic rings. The van der Waals surface area contributed by atoms with Gasteiger partial charge in [-0.15, -0.1) is 11.3 Å². The number of nitrogens with one attached hydrogen (secondary N) is 2. The highest BCUT2D eigenvalue weighted by Crippen LogP contribution is 2.38. The number of aryl methyl sites for hydroxylation is 2. The summed E-state index contributed by atoms with van der Waals surface area (Å²) in [6.45, 7) is 1.82. The van der Waals surface area contributed by atoms with Gasteiger partial charge in [-0.25, -0.2) is 15.0 Å². The van der Waals surface area contributed by atoms with Gasteiger partial charge in [0.15, 0.2) is 0 Å². The van der Waals surface area contributed by atoms with E-state index in [1.165, 1.54) is 29.5 Å². The van der Waals surface area contributed by atoms with Crippen LogP contribution in [-0.2, 0) is 17.6 Å². The maximum Gasteiger partial charge on any atom is 0.209 e. The highest BCUT2D eigenvalue weighted by molar-refractivity contribution is 7.19. The maximum atomic E-state index is 10.3. The number of fused-ring (bicyclic) bond motifs is 3. The summed E-state index contributed by atoms with van der Waals surface area (Å²) in [6.07, 6.45) is 11.2. The first kappa shape index (κ1) is 23.1. The van der Waals surface area contributed by atoms with Crippen LogP contribution >= 0.6 is 11.3 Å². The predicted molar refractivity (Wildman–Crippen MR) is 134 cm³/mol. The fraction of sp³-hybridized carbons (Fsp3) is 0.435. The first-order chi connectivity index (χ1) is 16.0. The summed E-state index contributed by atoms with van der Waals surface area (Å²) in [5, 5.41) is 11.8. The Morgan fingerprint density at radius 1 is 1.27 bits per heavy atom. The number of amides is 1. The van der Waals surface area contributed by atoms with E-state index in [1.807, 2.05) is 11.0 Å². The van der Waals surface area contributed by atoms with E-state index in [0.29, 0.717) is 17.4 Å². The van der Waals surface area contributed by atoms with Crippen LogP contribution in [0.4, 0.5) is 17.3 Å². The van der Waals surface area contributed by atoms with Crippen molar-refractivity contribution < 1.29 is 4.79 Å². The molecule has 4 heterocycles. The second-order valence-electron chi connectivity index (χ2n) is 8.59. The average Bonchev–Trinajstić information content (AvgIpc) is 3.46. The normalized spacial score (nSPS) is 17.4. The van der Waals surface area contributed by atoms with Crippen LogP contribution in [0.3, 0.4) is 0 Å². The van der Waals surface area contributed by atoms with Gasteiger partial charge in [0, 0.05) is 35.8 Å². The van der Waals surface area contributed by atoms with Gasteiger partial charge in [0.2, 0.25) is 6.41 Å². The Labute approximate surface area is 197 Å². The number of nitrogen functional groups attached to an aromatic ring is 1. The zero-order chi connectivity index (χ0) is 23.4. The Balaban J connectivity index is 0.000000219. The largest absolute Gasteiger partial charge is 0.383 e. The molecular formula is C23H30N8OS. The third-order valence-electron chi connectivity index (χ3n) is 6.19. The van der Waals surface area contributed by atoms with Gasteiger partial charge in [-0.3, -0.25) is 4.79 Å². The topological polar surface area (TPSA) is 124 Å². The molecule has 5 rings (SSSR count). The number of carbonyl (C=O) groups excluding carboxylic acids is 1. The minimum Gasteiger partial charge on any atom is -0.383 e. The lowest BCUT2D eigenvalue weighted by Crippen LogP contribution is -2.30. The molecule has 9 nitrogen and oxygen atoms in total. The van der Waals surface area contributed by atoms with Gasteiger partial charge < -0.3 is 26.3 Å². The molecule has 3 aromatic heterocycles. The van der Waals surface area contributed by atoms with Crippen LogP contribution in [0, 0.1) is 5.41 Å². The molecule has 1 unspecified atom stereocenters. The molecule has 174 valence electrons. The molecule has 1 fully saturated rings. The molecule has 1 aliphatic carbocycles. The number of nitrogens with two attached hydrogens (primary N) is 1. The van der Waals surface area contributed by atoms with Crippen LogP contribution < -0.4 is 11.1 Å². The number of pyridine rings is 1. The lowest BCUT2D eigenvalue weighted by molar-refractivity contribution is -0.117. The number of thiophene rings is 1. The Hall–Kier alpha value is -3.11. The number of likely N-dealkylation sites (N-methyl/N-ethyl adjacent to an activating group) is 1. The number of hydrogen-bond donors (Lipinski definition) is 3. The van der Waals surface area contributed by atoms with Crippen molar-refractivity contribution in [3.8, 4) is 0 Å². The average molecular weight is 467 g/mol. The van der Waals surface area contributed by atoms with Crippen molar-refractivity contribution in [2.24, 2.45) is 0 Å². The molecule has 1 aliphatic heterocycles. The van der Waals surface area contributed by atoms with Crippen molar-refractivity contribution in [1.82, 2.24) is 24.8 Å². The first-order valence-corrected chi connectivity index (χ1v) is 12.0. The second-order valence-corrected chi connectivity index (χ2v) is 9.67. The lowest BCUT2D eigenvalue weighted by atomic mass is 9.97. The summed E-state index contributed by atoms with van der Waals surface area (Å²) in [7, 11) is 4.11. The summed E-state index contributed by atoms with van der Waals surface area (Å²) < 4.78 is 0. The smallest absolute Gasteiger partial charge is 0.209 e. The predicted octanol–water partition coefficient (Wildman–Crippen LogP) is 3.07. The van der Waals surface area contributed by atoms with E-state index < -0.39 is 0 Å². The highest BCUT2D eigenvalue weighted by Gasteiger charge is 2.22. The van der Waals surface area contributed by atoms with Gasteiger partial charge in [0.05, 0.1) is 17.3 Å². The molecule has 0 spiro atoms. The quantitative estimate of drug-likeness (QED) is 0.390. The van der Waals surface area contributed by atoms with Gasteiger partial charge in [0.25, 0.3) is 0 Å². The van der Waals surface area contributed by atoms with E-state index in [0.717, 1.165) is 60.5 Å². The number of rotatable bonds is 5. The fourth-order valence-corrected chi connectivity index (χ4v) is 5.51. The van der Waals surface area contributed by atoms with Crippen LogP contribution in [-0.4, -0.2) is 70.6 Å². The molecule has 1 amide bonds. The van der Waals surface area contributed by atoms with Gasteiger partial charge in [-0.05, 0) is 57.8 Å². The van der Waals surface area contributed by atoms with Crippen molar-refractivity contribution in [3.63, 3.8) is 0 Å². The third-order valence-corrected chi connectivity index (χ3v) is 7.39. The zero-order valence-electron chi connectivity index (χ0n) is 19.0. The molecular weight excluding hydrogens is 436 g/mol. The second kappa shape index (κ2) is 10.2. The van der Waals surface area contributed by atoms with E-state index in [1.54, 1.807) is 23.9 Å². The Bertz CT molecular complexity index is 1140. The molecule has 2 aliphatic rings. The van der Waals surface area contributed by atoms with E-state index >= 15 is 0 Å². The number of nitrogens with zero attached hydrogens (tertiary/aromatic N) is 5. The molecule has 33 heavy (non-hydrogen) atoms. The number of carbonyl (C=O) groups is 1. The minimum atomic E-state index is 0.353. The van der Waals surface area contributed by atoms with Gasteiger partial charge in [-0.2, -0.15) is 0 Å². The van der Waals surface area contributed by atoms with E-state index in [4.69, 9.17) is 11.1 Å². The highest BCUT2D eigenvalue weighted by atomic mass is 32.1. The molecule has 0 radical (unpaired) electrons. The summed E-state index contributed by atoms with van der Waals surface area (Å²) in [6, 6.07) is 2.38. The molecule has 4 N–H and O–H groups in total. The maximum absolute atomic E-state index is 10.3. The van der Waals surface area contributed by atoms with Crippen molar-refractivity contribution in [2.45, 2.75) is 38.1 Å². The van der Waals surface area contributed by atoms with Crippen LogP contribution in [0.25, 0.3) is 10.2 Å². The monoisotopic (exact) mass is 466 g/mol. The number of anilines is 3.